The van der Waals surface area contributed by atoms with Gasteiger partial charge in [0.05, 0.1) is 13.2 Å². The van der Waals surface area contributed by atoms with E-state index in [0.717, 1.165) is 26.2 Å². The molecule has 0 aromatic heterocycles. The lowest BCUT2D eigenvalue weighted by Gasteiger charge is -2.46. The summed E-state index contributed by atoms with van der Waals surface area (Å²) >= 11 is 0. The number of fused-ring (bicyclic) bond motifs is 1. The largest absolute Gasteiger partial charge is 0.379 e. The fourth-order valence-electron chi connectivity index (χ4n) is 3.68. The molecule has 1 aromatic rings. The number of hydrogen-bond acceptors (Lipinski definition) is 3. The van der Waals surface area contributed by atoms with Crippen LogP contribution >= 0.6 is 0 Å². The maximum atomic E-state index is 6.56. The molecule has 19 heavy (non-hydrogen) atoms. The number of nitrogens with zero attached hydrogens (tertiary/aromatic N) is 1. The highest BCUT2D eigenvalue weighted by atomic mass is 16.5. The molecular formula is C16H24N2O. The highest BCUT2D eigenvalue weighted by Gasteiger charge is 2.37. The van der Waals surface area contributed by atoms with Gasteiger partial charge in [-0.3, -0.25) is 4.90 Å². The van der Waals surface area contributed by atoms with Crippen LogP contribution in [0, 0.1) is 0 Å². The third-order valence-electron chi connectivity index (χ3n) is 4.74. The normalized spacial score (nSPS) is 35.9. The Bertz CT molecular complexity index is 448. The molecule has 2 N–H and O–H groups in total. The minimum Gasteiger partial charge on any atom is -0.379 e. The maximum absolute atomic E-state index is 6.56. The van der Waals surface area contributed by atoms with Crippen molar-refractivity contribution in [2.75, 3.05) is 19.8 Å². The molecule has 0 saturated carbocycles. The number of ether oxygens (including phenoxy) is 1. The summed E-state index contributed by atoms with van der Waals surface area (Å²) < 4.78 is 5.55. The third kappa shape index (κ3) is 2.31. The van der Waals surface area contributed by atoms with Gasteiger partial charge in [0.2, 0.25) is 0 Å². The SMILES string of the molecule is CC1CC(N2CCOCC2C)C(N)c2ccccc21. The van der Waals surface area contributed by atoms with Crippen LogP contribution in [0.15, 0.2) is 24.3 Å². The summed E-state index contributed by atoms with van der Waals surface area (Å²) in [5.41, 5.74) is 9.34. The van der Waals surface area contributed by atoms with Crippen LogP contribution in [0.3, 0.4) is 0 Å². The molecule has 3 heteroatoms. The number of hydrogen-bond donors (Lipinski definition) is 1. The van der Waals surface area contributed by atoms with Gasteiger partial charge in [-0.1, -0.05) is 31.2 Å². The van der Waals surface area contributed by atoms with Crippen LogP contribution < -0.4 is 5.73 Å². The van der Waals surface area contributed by atoms with Gasteiger partial charge in [-0.25, -0.2) is 0 Å². The molecule has 0 bridgehead atoms. The van der Waals surface area contributed by atoms with E-state index in [1.54, 1.807) is 0 Å². The van der Waals surface area contributed by atoms with Gasteiger partial charge < -0.3 is 10.5 Å². The van der Waals surface area contributed by atoms with Crippen molar-refractivity contribution in [1.29, 1.82) is 0 Å². The van der Waals surface area contributed by atoms with Gasteiger partial charge in [0.25, 0.3) is 0 Å². The van der Waals surface area contributed by atoms with E-state index in [-0.39, 0.29) is 6.04 Å². The Morgan fingerprint density at radius 1 is 1.21 bits per heavy atom. The first kappa shape index (κ1) is 13.1. The second kappa shape index (κ2) is 5.23. The first-order valence-electron chi connectivity index (χ1n) is 7.36. The fourth-order valence-corrected chi connectivity index (χ4v) is 3.68. The first-order valence-corrected chi connectivity index (χ1v) is 7.36. The standard InChI is InChI=1S/C16H24N2O/c1-11-9-15(18-7-8-19-10-12(18)2)16(17)14-6-4-3-5-13(11)14/h3-6,11-12,15-16H,7-10,17H2,1-2H3. The molecule has 0 spiro atoms. The highest BCUT2D eigenvalue weighted by molar-refractivity contribution is 5.36. The molecule has 0 amide bonds. The summed E-state index contributed by atoms with van der Waals surface area (Å²) in [6.45, 7) is 7.25. The molecule has 0 radical (unpaired) electrons. The molecule has 4 unspecified atom stereocenters. The van der Waals surface area contributed by atoms with Gasteiger partial charge in [0.15, 0.2) is 0 Å². The van der Waals surface area contributed by atoms with Crippen molar-refractivity contribution in [3.63, 3.8) is 0 Å². The van der Waals surface area contributed by atoms with E-state index in [4.69, 9.17) is 10.5 Å². The Morgan fingerprint density at radius 3 is 2.68 bits per heavy atom. The molecule has 3 nitrogen and oxygen atoms in total. The zero-order valence-electron chi connectivity index (χ0n) is 11.9. The second-order valence-electron chi connectivity index (χ2n) is 6.02. The number of benzene rings is 1. The molecule has 2 aliphatic rings. The van der Waals surface area contributed by atoms with Gasteiger partial charge in [0, 0.05) is 24.7 Å². The molecule has 1 fully saturated rings. The van der Waals surface area contributed by atoms with E-state index in [1.165, 1.54) is 11.1 Å². The minimum absolute atomic E-state index is 0.132. The van der Waals surface area contributed by atoms with E-state index in [1.807, 2.05) is 0 Å². The van der Waals surface area contributed by atoms with Crippen molar-refractivity contribution in [2.45, 2.75) is 44.3 Å². The summed E-state index contributed by atoms with van der Waals surface area (Å²) in [6.07, 6.45) is 1.16. The smallest absolute Gasteiger partial charge is 0.0619 e. The van der Waals surface area contributed by atoms with Crippen molar-refractivity contribution in [3.05, 3.63) is 35.4 Å². The molecule has 3 rings (SSSR count). The van der Waals surface area contributed by atoms with Crippen LogP contribution in [0.25, 0.3) is 0 Å². The molecule has 4 atom stereocenters. The van der Waals surface area contributed by atoms with Crippen LogP contribution in [0.4, 0.5) is 0 Å². The summed E-state index contributed by atoms with van der Waals surface area (Å²) in [5, 5.41) is 0. The van der Waals surface area contributed by atoms with E-state index in [2.05, 4.69) is 43.0 Å². The van der Waals surface area contributed by atoms with Crippen molar-refractivity contribution in [3.8, 4) is 0 Å². The van der Waals surface area contributed by atoms with E-state index >= 15 is 0 Å². The van der Waals surface area contributed by atoms with Gasteiger partial charge in [-0.2, -0.15) is 0 Å². The van der Waals surface area contributed by atoms with Gasteiger partial charge in [0.1, 0.15) is 0 Å². The molecule has 1 saturated heterocycles. The van der Waals surface area contributed by atoms with Crippen molar-refractivity contribution >= 4 is 0 Å². The van der Waals surface area contributed by atoms with Crippen LogP contribution in [0.5, 0.6) is 0 Å². The van der Waals surface area contributed by atoms with Crippen molar-refractivity contribution in [2.24, 2.45) is 5.73 Å². The average molecular weight is 260 g/mol. The summed E-state index contributed by atoms with van der Waals surface area (Å²) in [6, 6.07) is 9.72. The van der Waals surface area contributed by atoms with Crippen LogP contribution in [0.1, 0.15) is 43.4 Å². The molecular weight excluding hydrogens is 236 g/mol. The van der Waals surface area contributed by atoms with Crippen LogP contribution in [0.2, 0.25) is 0 Å². The molecule has 1 heterocycles. The number of morpholine rings is 1. The Kier molecular flexibility index (Phi) is 3.61. The third-order valence-corrected chi connectivity index (χ3v) is 4.74. The monoisotopic (exact) mass is 260 g/mol. The molecule has 1 aromatic carbocycles. The van der Waals surface area contributed by atoms with Gasteiger partial charge in [-0.15, -0.1) is 0 Å². The Labute approximate surface area is 115 Å². The van der Waals surface area contributed by atoms with E-state index in [9.17, 15) is 0 Å². The first-order chi connectivity index (χ1) is 9.18. The van der Waals surface area contributed by atoms with Gasteiger partial charge >= 0.3 is 0 Å². The van der Waals surface area contributed by atoms with Gasteiger partial charge in [-0.05, 0) is 30.4 Å². The number of nitrogens with two attached hydrogens (primary N) is 1. The fraction of sp³-hybridized carbons (Fsp3) is 0.625. The summed E-state index contributed by atoms with van der Waals surface area (Å²) in [5.74, 6) is 0.594. The Morgan fingerprint density at radius 2 is 1.95 bits per heavy atom. The minimum atomic E-state index is 0.132. The van der Waals surface area contributed by atoms with Crippen LogP contribution in [-0.4, -0.2) is 36.7 Å². The lowest BCUT2D eigenvalue weighted by Crippen LogP contribution is -2.54. The van der Waals surface area contributed by atoms with Crippen molar-refractivity contribution in [1.82, 2.24) is 4.90 Å². The average Bonchev–Trinajstić information content (AvgIpc) is 2.44. The predicted octanol–water partition coefficient (Wildman–Crippen LogP) is 2.28. The van der Waals surface area contributed by atoms with Crippen molar-refractivity contribution < 1.29 is 4.74 Å². The lowest BCUT2D eigenvalue weighted by atomic mass is 9.77. The van der Waals surface area contributed by atoms with Crippen LogP contribution in [-0.2, 0) is 4.74 Å². The Balaban J connectivity index is 1.89. The molecule has 1 aliphatic carbocycles. The predicted molar refractivity (Wildman–Crippen MR) is 77.2 cm³/mol. The van der Waals surface area contributed by atoms with E-state index in [0.29, 0.717) is 18.0 Å². The zero-order valence-corrected chi connectivity index (χ0v) is 11.9. The summed E-state index contributed by atoms with van der Waals surface area (Å²) in [7, 11) is 0. The summed E-state index contributed by atoms with van der Waals surface area (Å²) in [4.78, 5) is 2.56. The van der Waals surface area contributed by atoms with E-state index < -0.39 is 0 Å². The quantitative estimate of drug-likeness (QED) is 0.842. The number of rotatable bonds is 1. The highest BCUT2D eigenvalue weighted by Crippen LogP contribution is 2.39. The zero-order chi connectivity index (χ0) is 13.4. The second-order valence-corrected chi connectivity index (χ2v) is 6.02. The maximum Gasteiger partial charge on any atom is 0.0619 e. The molecule has 104 valence electrons. The Hall–Kier alpha value is -0.900. The lowest BCUT2D eigenvalue weighted by molar-refractivity contribution is -0.0320. The molecule has 1 aliphatic heterocycles. The topological polar surface area (TPSA) is 38.5 Å².